The maximum atomic E-state index is 12.7. The van der Waals surface area contributed by atoms with E-state index in [1.54, 1.807) is 18.2 Å². The van der Waals surface area contributed by atoms with Gasteiger partial charge in [-0.25, -0.2) is 0 Å². The molecule has 3 aromatic rings. The van der Waals surface area contributed by atoms with E-state index in [0.717, 1.165) is 16.1 Å². The van der Waals surface area contributed by atoms with Gasteiger partial charge in [0.15, 0.2) is 11.5 Å². The Balaban J connectivity index is 1.87. The van der Waals surface area contributed by atoms with Gasteiger partial charge in [0.25, 0.3) is 11.6 Å². The lowest BCUT2D eigenvalue weighted by atomic mass is 10.1. The van der Waals surface area contributed by atoms with Crippen LogP contribution in [0.5, 0.6) is 11.5 Å². The number of methoxy groups -OCH3 is 1. The number of carbonyl (C=O) groups excluding carboxylic acids is 1. The van der Waals surface area contributed by atoms with Crippen LogP contribution in [0, 0.1) is 21.4 Å². The Morgan fingerprint density at radius 3 is 2.59 bits per heavy atom. The van der Waals surface area contributed by atoms with Crippen molar-refractivity contribution in [2.75, 3.05) is 12.4 Å². The van der Waals surface area contributed by atoms with Gasteiger partial charge in [-0.15, -0.1) is 0 Å². The number of nitrogens with zero attached hydrogens (tertiary/aromatic N) is 2. The molecule has 0 saturated carbocycles. The molecule has 10 heteroatoms. The number of ether oxygens (including phenoxy) is 2. The average Bonchev–Trinajstić information content (AvgIpc) is 2.83. The van der Waals surface area contributed by atoms with Crippen LogP contribution in [0.3, 0.4) is 0 Å². The molecule has 34 heavy (non-hydrogen) atoms. The number of halogens is 2. The third-order valence-corrected chi connectivity index (χ3v) is 5.44. The van der Waals surface area contributed by atoms with Gasteiger partial charge in [-0.1, -0.05) is 51.8 Å². The molecular formula is C24H17BrClN3O5. The van der Waals surface area contributed by atoms with E-state index in [4.69, 9.17) is 21.1 Å². The Morgan fingerprint density at radius 2 is 1.97 bits per heavy atom. The zero-order chi connectivity index (χ0) is 24.7. The first kappa shape index (κ1) is 24.8. The summed E-state index contributed by atoms with van der Waals surface area (Å²) in [4.78, 5) is 23.0. The molecule has 0 aliphatic rings. The van der Waals surface area contributed by atoms with Crippen molar-refractivity contribution in [2.24, 2.45) is 0 Å². The van der Waals surface area contributed by atoms with Gasteiger partial charge in [-0.05, 0) is 35.9 Å². The number of para-hydroxylation sites is 1. The molecule has 3 rings (SSSR count). The summed E-state index contributed by atoms with van der Waals surface area (Å²) in [7, 11) is 1.49. The monoisotopic (exact) mass is 541 g/mol. The summed E-state index contributed by atoms with van der Waals surface area (Å²) >= 11 is 9.43. The van der Waals surface area contributed by atoms with E-state index >= 15 is 0 Å². The molecular weight excluding hydrogens is 526 g/mol. The summed E-state index contributed by atoms with van der Waals surface area (Å²) in [5.74, 6) is 0.0590. The highest BCUT2D eigenvalue weighted by atomic mass is 79.9. The predicted octanol–water partition coefficient (Wildman–Crippen LogP) is 6.14. The summed E-state index contributed by atoms with van der Waals surface area (Å²) < 4.78 is 12.3. The zero-order valence-electron chi connectivity index (χ0n) is 17.7. The quantitative estimate of drug-likeness (QED) is 0.158. The van der Waals surface area contributed by atoms with E-state index in [2.05, 4.69) is 21.2 Å². The topological polar surface area (TPSA) is 114 Å². The number of non-ortho nitro benzene ring substituents is 1. The average molecular weight is 543 g/mol. The number of carbonyl (C=O) groups is 1. The van der Waals surface area contributed by atoms with Crippen molar-refractivity contribution in [1.29, 1.82) is 5.26 Å². The highest BCUT2D eigenvalue weighted by molar-refractivity contribution is 9.10. The minimum atomic E-state index is -0.736. The molecule has 0 radical (unpaired) electrons. The van der Waals surface area contributed by atoms with Crippen molar-refractivity contribution in [3.8, 4) is 17.6 Å². The molecule has 0 aromatic heterocycles. The number of rotatable bonds is 8. The molecule has 1 N–H and O–H groups in total. The van der Waals surface area contributed by atoms with Gasteiger partial charge >= 0.3 is 0 Å². The number of nitro benzene ring substituents is 1. The molecule has 0 unspecified atom stereocenters. The molecule has 0 saturated heterocycles. The lowest BCUT2D eigenvalue weighted by Gasteiger charge is -2.14. The summed E-state index contributed by atoms with van der Waals surface area (Å²) in [6, 6.07) is 18.2. The highest BCUT2D eigenvalue weighted by Gasteiger charge is 2.17. The van der Waals surface area contributed by atoms with Gasteiger partial charge in [-0.3, -0.25) is 14.9 Å². The van der Waals surface area contributed by atoms with E-state index in [0.29, 0.717) is 17.1 Å². The standard InChI is InChI=1S/C24H17BrClN3O5/c1-33-22-4-2-3-16(23(22)34-14-15-5-7-18(25)8-6-15)11-17(13-27)24(30)28-21-10-9-19(29(31)32)12-20(21)26/h2-12H,14H2,1H3,(H,28,30)/b17-11-. The van der Waals surface area contributed by atoms with Crippen LogP contribution in [0.15, 0.2) is 70.7 Å². The number of nitrogens with one attached hydrogen (secondary N) is 1. The second-order valence-corrected chi connectivity index (χ2v) is 8.16. The van der Waals surface area contributed by atoms with Crippen molar-refractivity contribution in [2.45, 2.75) is 6.61 Å². The van der Waals surface area contributed by atoms with Crippen molar-refractivity contribution in [3.05, 3.63) is 97.0 Å². The molecule has 0 fully saturated rings. The molecule has 0 aliphatic heterocycles. The van der Waals surface area contributed by atoms with Crippen LogP contribution >= 0.6 is 27.5 Å². The van der Waals surface area contributed by atoms with Crippen LogP contribution in [0.4, 0.5) is 11.4 Å². The fourth-order valence-corrected chi connectivity index (χ4v) is 3.40. The van der Waals surface area contributed by atoms with Gasteiger partial charge in [0.1, 0.15) is 18.2 Å². The highest BCUT2D eigenvalue weighted by Crippen LogP contribution is 2.34. The van der Waals surface area contributed by atoms with Crippen molar-refractivity contribution in [1.82, 2.24) is 0 Å². The maximum Gasteiger partial charge on any atom is 0.271 e. The fourth-order valence-electron chi connectivity index (χ4n) is 2.91. The lowest BCUT2D eigenvalue weighted by molar-refractivity contribution is -0.384. The van der Waals surface area contributed by atoms with Crippen molar-refractivity contribution in [3.63, 3.8) is 0 Å². The van der Waals surface area contributed by atoms with Gasteiger partial charge < -0.3 is 14.8 Å². The smallest absolute Gasteiger partial charge is 0.271 e. The second kappa shape index (κ2) is 11.3. The van der Waals surface area contributed by atoms with Crippen LogP contribution in [-0.4, -0.2) is 17.9 Å². The van der Waals surface area contributed by atoms with Gasteiger partial charge in [0.2, 0.25) is 0 Å². The maximum absolute atomic E-state index is 12.7. The third-order valence-electron chi connectivity index (χ3n) is 4.60. The van der Waals surface area contributed by atoms with E-state index in [1.165, 1.54) is 25.3 Å². The Bertz CT molecular complexity index is 1300. The normalized spacial score (nSPS) is 10.8. The lowest BCUT2D eigenvalue weighted by Crippen LogP contribution is -2.14. The van der Waals surface area contributed by atoms with E-state index in [9.17, 15) is 20.2 Å². The number of benzene rings is 3. The van der Waals surface area contributed by atoms with Crippen LogP contribution < -0.4 is 14.8 Å². The van der Waals surface area contributed by atoms with Crippen molar-refractivity contribution < 1.29 is 19.2 Å². The van der Waals surface area contributed by atoms with E-state index in [-0.39, 0.29) is 28.6 Å². The van der Waals surface area contributed by atoms with E-state index < -0.39 is 10.8 Å². The summed E-state index contributed by atoms with van der Waals surface area (Å²) in [5, 5.41) is 22.9. The molecule has 0 heterocycles. The summed E-state index contributed by atoms with van der Waals surface area (Å²) in [6.45, 7) is 0.237. The molecule has 1 amide bonds. The van der Waals surface area contributed by atoms with Crippen molar-refractivity contribution >= 4 is 50.9 Å². The minimum Gasteiger partial charge on any atom is -0.493 e. The van der Waals surface area contributed by atoms with Crippen LogP contribution in [-0.2, 0) is 11.4 Å². The largest absolute Gasteiger partial charge is 0.493 e. The van der Waals surface area contributed by atoms with Crippen LogP contribution in [0.1, 0.15) is 11.1 Å². The Hall–Kier alpha value is -3.87. The number of nitriles is 1. The zero-order valence-corrected chi connectivity index (χ0v) is 20.1. The van der Waals surface area contributed by atoms with Gasteiger partial charge in [0, 0.05) is 22.2 Å². The molecule has 0 aliphatic carbocycles. The van der Waals surface area contributed by atoms with Crippen LogP contribution in [0.2, 0.25) is 5.02 Å². The Labute approximate surface area is 208 Å². The summed E-state index contributed by atoms with van der Waals surface area (Å²) in [6.07, 6.45) is 1.37. The molecule has 0 spiro atoms. The number of nitro groups is 1. The predicted molar refractivity (Wildman–Crippen MR) is 132 cm³/mol. The van der Waals surface area contributed by atoms with Crippen LogP contribution in [0.25, 0.3) is 6.08 Å². The first-order valence-electron chi connectivity index (χ1n) is 9.73. The molecule has 3 aromatic carbocycles. The summed E-state index contributed by atoms with van der Waals surface area (Å²) in [5.41, 5.74) is 1.06. The van der Waals surface area contributed by atoms with E-state index in [1.807, 2.05) is 30.3 Å². The third kappa shape index (κ3) is 6.13. The first-order valence-corrected chi connectivity index (χ1v) is 10.9. The molecule has 8 nitrogen and oxygen atoms in total. The van der Waals surface area contributed by atoms with Gasteiger partial charge in [0.05, 0.1) is 22.7 Å². The number of hydrogen-bond acceptors (Lipinski definition) is 6. The Morgan fingerprint density at radius 1 is 1.24 bits per heavy atom. The molecule has 172 valence electrons. The first-order chi connectivity index (χ1) is 16.3. The number of hydrogen-bond donors (Lipinski definition) is 1. The number of amides is 1. The number of anilines is 1. The second-order valence-electron chi connectivity index (χ2n) is 6.84. The molecule has 0 bridgehead atoms. The SMILES string of the molecule is COc1cccc(/C=C(/C#N)C(=O)Nc2ccc([N+](=O)[O-])cc2Cl)c1OCc1ccc(Br)cc1. The molecule has 0 atom stereocenters. The van der Waals surface area contributed by atoms with Gasteiger partial charge in [-0.2, -0.15) is 5.26 Å². The minimum absolute atomic E-state index is 0.0280. The Kier molecular flexibility index (Phi) is 8.24. The fraction of sp³-hybridized carbons (Fsp3) is 0.0833.